The van der Waals surface area contributed by atoms with Gasteiger partial charge in [0.25, 0.3) is 8.09 Å². The van der Waals surface area contributed by atoms with Gasteiger partial charge in [-0.2, -0.15) is 9.97 Å². The molecule has 0 aliphatic carbocycles. The summed E-state index contributed by atoms with van der Waals surface area (Å²) in [5.74, 6) is -0.412. The predicted molar refractivity (Wildman–Crippen MR) is 144 cm³/mol. The fraction of sp³-hybridized carbons (Fsp3) is 0.750. The van der Waals surface area contributed by atoms with E-state index < -0.39 is 44.1 Å². The van der Waals surface area contributed by atoms with Gasteiger partial charge in [-0.15, -0.1) is 4.67 Å². The van der Waals surface area contributed by atoms with Crippen molar-refractivity contribution in [1.82, 2.24) is 24.2 Å². The summed E-state index contributed by atoms with van der Waals surface area (Å²) in [6, 6.07) is -0.873. The van der Waals surface area contributed by atoms with E-state index in [1.807, 2.05) is 27.7 Å². The number of nitrogens with zero attached hydrogens (tertiary/aromatic N) is 6. The van der Waals surface area contributed by atoms with Gasteiger partial charge >= 0.3 is 5.97 Å². The molecule has 0 spiro atoms. The number of nitrogen functional groups attached to an aromatic ring is 1. The van der Waals surface area contributed by atoms with Gasteiger partial charge in [0.15, 0.2) is 23.4 Å². The summed E-state index contributed by atoms with van der Waals surface area (Å²) >= 11 is 0. The van der Waals surface area contributed by atoms with E-state index in [-0.39, 0.29) is 49.3 Å². The van der Waals surface area contributed by atoms with Crippen LogP contribution in [0.3, 0.4) is 0 Å². The molecule has 2 aromatic heterocycles. The Balaban J connectivity index is 1.58. The highest BCUT2D eigenvalue weighted by atomic mass is 31.1. The number of carbonyl (C=O) groups excluding carboxylic acids is 1. The molecule has 2 unspecified atom stereocenters. The van der Waals surface area contributed by atoms with E-state index in [2.05, 4.69) is 19.7 Å². The van der Waals surface area contributed by atoms with Crippen LogP contribution >= 0.6 is 8.09 Å². The molecule has 16 heteroatoms. The van der Waals surface area contributed by atoms with Crippen LogP contribution in [0.25, 0.3) is 11.2 Å². The van der Waals surface area contributed by atoms with Crippen molar-refractivity contribution >= 4 is 31.2 Å². The fourth-order valence-electron chi connectivity index (χ4n) is 4.01. The predicted octanol–water partition coefficient (Wildman–Crippen LogP) is 0.599. The number of ether oxygens (including phenoxy) is 4. The largest absolute Gasteiger partial charge is 0.595 e. The van der Waals surface area contributed by atoms with Crippen LogP contribution in [0.5, 0.6) is 5.88 Å². The van der Waals surface area contributed by atoms with Crippen molar-refractivity contribution in [2.75, 3.05) is 45.8 Å². The van der Waals surface area contributed by atoms with Gasteiger partial charge in [-0.05, 0) is 26.2 Å². The molecule has 0 radical (unpaired) electrons. The Morgan fingerprint density at radius 3 is 2.75 bits per heavy atom. The minimum atomic E-state index is -2.20. The van der Waals surface area contributed by atoms with Crippen LogP contribution in [0.15, 0.2) is 11.1 Å². The molecule has 1 aliphatic rings. The molecule has 224 valence electrons. The third kappa shape index (κ3) is 7.40. The fourth-order valence-corrected chi connectivity index (χ4v) is 5.04. The van der Waals surface area contributed by atoms with Gasteiger partial charge in [0.2, 0.25) is 11.8 Å². The standard InChI is InChI=1S/C24H40N7O8P/c1-8-30(40(35)29-14(2)20(33)38-12-23(3,4)5)9-10-37-11-15-17(32)24(6,34)21(39-15)31-13-26-16-18(31)27-22(25)28-19(16)36-7/h13-15,17,21,32,34H,8-12H2,1-7H3,(H2,25,27,28)/t14-,15+,17+,21?,24+/m0/s1. The number of hydrogen-bond donors (Lipinski definition) is 3. The van der Waals surface area contributed by atoms with Gasteiger partial charge in [0.1, 0.15) is 17.8 Å². The SMILES string of the molecule is CCN(CCOC[C@H]1OC(n2cnc3c(OC)nc(N)nc32)[C@](C)(O)[C@@H]1O)[P+]([O-])=N[C@@H](C)C(=O)OCC(C)(C)C. The van der Waals surface area contributed by atoms with Gasteiger partial charge in [0.05, 0.1) is 39.8 Å². The number of esters is 1. The number of imidazole rings is 1. The summed E-state index contributed by atoms with van der Waals surface area (Å²) in [5, 5.41) is 21.9. The molecule has 0 bridgehead atoms. The minimum Gasteiger partial charge on any atom is -0.595 e. The smallest absolute Gasteiger partial charge is 0.334 e. The second kappa shape index (κ2) is 13.0. The highest BCUT2D eigenvalue weighted by Gasteiger charge is 2.53. The zero-order valence-corrected chi connectivity index (χ0v) is 24.9. The number of carbonyl (C=O) groups is 1. The molecule has 3 heterocycles. The lowest BCUT2D eigenvalue weighted by Gasteiger charge is -2.27. The zero-order chi connectivity index (χ0) is 29.8. The molecule has 1 aliphatic heterocycles. The lowest BCUT2D eigenvalue weighted by atomic mass is 9.96. The van der Waals surface area contributed by atoms with Gasteiger partial charge in [-0.25, -0.2) is 9.78 Å². The first-order valence-electron chi connectivity index (χ1n) is 13.0. The molecule has 2 aromatic rings. The normalized spacial score (nSPS) is 24.6. The highest BCUT2D eigenvalue weighted by molar-refractivity contribution is 7.36. The van der Waals surface area contributed by atoms with E-state index in [0.717, 1.165) is 0 Å². The highest BCUT2D eigenvalue weighted by Crippen LogP contribution is 2.40. The molecule has 3 rings (SSSR count). The van der Waals surface area contributed by atoms with Crippen molar-refractivity contribution in [3.63, 3.8) is 0 Å². The van der Waals surface area contributed by atoms with Crippen molar-refractivity contribution in [1.29, 1.82) is 0 Å². The molecule has 1 saturated heterocycles. The van der Waals surface area contributed by atoms with Crippen LogP contribution in [-0.2, 0) is 19.0 Å². The Labute approximate surface area is 234 Å². The van der Waals surface area contributed by atoms with Gasteiger partial charge < -0.3 is 39.8 Å². The molecule has 0 amide bonds. The molecule has 0 saturated carbocycles. The third-order valence-corrected chi connectivity index (χ3v) is 7.76. The van der Waals surface area contributed by atoms with E-state index in [9.17, 15) is 19.9 Å². The summed E-state index contributed by atoms with van der Waals surface area (Å²) in [4.78, 5) is 37.4. The summed E-state index contributed by atoms with van der Waals surface area (Å²) in [7, 11) is -0.775. The maximum absolute atomic E-state index is 12.7. The summed E-state index contributed by atoms with van der Waals surface area (Å²) < 4.78 is 29.3. The average molecular weight is 586 g/mol. The number of methoxy groups -OCH3 is 1. The van der Waals surface area contributed by atoms with Crippen molar-refractivity contribution in [2.24, 2.45) is 10.2 Å². The second-order valence-corrected chi connectivity index (χ2v) is 12.2. The first-order valence-corrected chi connectivity index (χ1v) is 14.1. The Hall–Kier alpha value is -2.52. The van der Waals surface area contributed by atoms with E-state index in [4.69, 9.17) is 24.7 Å². The van der Waals surface area contributed by atoms with Crippen molar-refractivity contribution in [3.05, 3.63) is 6.33 Å². The van der Waals surface area contributed by atoms with Gasteiger partial charge in [-0.1, -0.05) is 25.5 Å². The zero-order valence-electron chi connectivity index (χ0n) is 24.0. The second-order valence-electron chi connectivity index (χ2n) is 10.9. The number of anilines is 1. The number of rotatable bonds is 12. The Morgan fingerprint density at radius 2 is 2.12 bits per heavy atom. The van der Waals surface area contributed by atoms with E-state index >= 15 is 0 Å². The Kier molecular flexibility index (Phi) is 10.4. The maximum atomic E-state index is 12.7. The molecule has 15 nitrogen and oxygen atoms in total. The van der Waals surface area contributed by atoms with Crippen LogP contribution in [0.2, 0.25) is 0 Å². The molecule has 4 N–H and O–H groups in total. The van der Waals surface area contributed by atoms with Crippen LogP contribution < -0.4 is 15.4 Å². The number of aliphatic hydroxyl groups is 2. The van der Waals surface area contributed by atoms with Crippen LogP contribution in [0, 0.1) is 5.41 Å². The Morgan fingerprint density at radius 1 is 1.43 bits per heavy atom. The number of hydrogen-bond acceptors (Lipinski definition) is 13. The maximum Gasteiger partial charge on any atom is 0.334 e. The summed E-state index contributed by atoms with van der Waals surface area (Å²) in [6.45, 7) is 11.6. The molecular formula is C24H40N7O8P. The lowest BCUT2D eigenvalue weighted by Crippen LogP contribution is -2.44. The number of aliphatic hydroxyl groups excluding tert-OH is 1. The van der Waals surface area contributed by atoms with Crippen molar-refractivity contribution in [2.45, 2.75) is 71.6 Å². The number of likely N-dealkylation sites (N-methyl/N-ethyl adjacent to an activating group) is 1. The first kappa shape index (κ1) is 32.0. The van der Waals surface area contributed by atoms with E-state index in [1.54, 1.807) is 11.6 Å². The molecule has 6 atom stereocenters. The third-order valence-electron chi connectivity index (χ3n) is 6.25. The lowest BCUT2D eigenvalue weighted by molar-refractivity contribution is -0.167. The van der Waals surface area contributed by atoms with Gasteiger partial charge in [0, 0.05) is 6.54 Å². The molecule has 40 heavy (non-hydrogen) atoms. The van der Waals surface area contributed by atoms with Crippen molar-refractivity contribution in [3.8, 4) is 5.88 Å². The monoisotopic (exact) mass is 585 g/mol. The Bertz CT molecular complexity index is 1200. The van der Waals surface area contributed by atoms with E-state index in [0.29, 0.717) is 12.1 Å². The van der Waals surface area contributed by atoms with Crippen LogP contribution in [-0.4, -0.2) is 104 Å². The quantitative estimate of drug-likeness (QED) is 0.178. The van der Waals surface area contributed by atoms with Crippen molar-refractivity contribution < 1.29 is 38.8 Å². The average Bonchev–Trinajstić information content (AvgIpc) is 3.39. The van der Waals surface area contributed by atoms with Gasteiger partial charge in [-0.3, -0.25) is 4.57 Å². The molecule has 1 fully saturated rings. The van der Waals surface area contributed by atoms with Crippen LogP contribution in [0.1, 0.15) is 47.8 Å². The number of fused-ring (bicyclic) bond motifs is 1. The summed E-state index contributed by atoms with van der Waals surface area (Å²) in [5.41, 5.74) is 4.48. The molecular weight excluding hydrogens is 545 g/mol. The number of nitrogens with two attached hydrogens (primary N) is 1. The van der Waals surface area contributed by atoms with Crippen LogP contribution in [0.4, 0.5) is 5.95 Å². The van der Waals surface area contributed by atoms with E-state index in [1.165, 1.54) is 24.9 Å². The molecule has 0 aromatic carbocycles. The topological polar surface area (TPSA) is 203 Å². The minimum absolute atomic E-state index is 0.0501. The summed E-state index contributed by atoms with van der Waals surface area (Å²) in [6.07, 6.45) is -1.84. The number of aromatic nitrogens is 4. The first-order chi connectivity index (χ1) is 18.7.